The lowest BCUT2D eigenvalue weighted by atomic mass is 10.0. The minimum absolute atomic E-state index is 0.0829. The minimum Gasteiger partial charge on any atom is -0.503 e. The van der Waals surface area contributed by atoms with E-state index in [0.717, 1.165) is 17.5 Å². The summed E-state index contributed by atoms with van der Waals surface area (Å²) < 4.78 is 7.52. The molecule has 1 aromatic heterocycles. The first kappa shape index (κ1) is 14.4. The molecule has 1 N–H and O–H groups in total. The number of rotatable bonds is 1. The van der Waals surface area contributed by atoms with Gasteiger partial charge < -0.3 is 14.4 Å². The molecule has 1 amide bonds. The highest BCUT2D eigenvalue weighted by Crippen LogP contribution is 2.46. The number of aldehydes is 1. The molecule has 1 fully saturated rings. The molecule has 1 saturated heterocycles. The Kier molecular flexibility index (Phi) is 2.77. The molecule has 3 heterocycles. The average Bonchev–Trinajstić information content (AvgIpc) is 3.13. The summed E-state index contributed by atoms with van der Waals surface area (Å²) in [6, 6.07) is 7.66. The van der Waals surface area contributed by atoms with E-state index in [0.29, 0.717) is 6.29 Å². The molecule has 0 radical (unpaired) electrons. The highest BCUT2D eigenvalue weighted by atomic mass is 16.5. The minimum atomic E-state index is -0.823. The van der Waals surface area contributed by atoms with Crippen LogP contribution in [-0.2, 0) is 17.7 Å². The lowest BCUT2D eigenvalue weighted by Crippen LogP contribution is -2.47. The quantitative estimate of drug-likeness (QED) is 0.779. The molecule has 0 saturated carbocycles. The van der Waals surface area contributed by atoms with E-state index in [1.54, 1.807) is 4.90 Å². The van der Waals surface area contributed by atoms with Gasteiger partial charge in [0.2, 0.25) is 5.43 Å². The van der Waals surface area contributed by atoms with E-state index < -0.39 is 23.3 Å². The summed E-state index contributed by atoms with van der Waals surface area (Å²) in [5.41, 5.74) is 1.11. The average molecular weight is 338 g/mol. The van der Waals surface area contributed by atoms with Crippen LogP contribution in [0.1, 0.15) is 38.0 Å². The first-order valence-electron chi connectivity index (χ1n) is 8.07. The van der Waals surface area contributed by atoms with Crippen molar-refractivity contribution < 1.29 is 19.4 Å². The van der Waals surface area contributed by atoms with Crippen molar-refractivity contribution in [1.29, 1.82) is 0 Å². The number of nitrogens with zero attached hydrogens (tertiary/aromatic N) is 2. The predicted molar refractivity (Wildman–Crippen MR) is 85.5 cm³/mol. The lowest BCUT2D eigenvalue weighted by molar-refractivity contribution is -0.0148. The topological polar surface area (TPSA) is 88.8 Å². The summed E-state index contributed by atoms with van der Waals surface area (Å²) in [5.74, 6) is -1.13. The molecule has 2 aromatic rings. The molecule has 2 aliphatic heterocycles. The number of hydrogen-bond donors (Lipinski definition) is 1. The van der Waals surface area contributed by atoms with Gasteiger partial charge >= 0.3 is 0 Å². The van der Waals surface area contributed by atoms with Gasteiger partial charge in [-0.1, -0.05) is 24.3 Å². The number of amides is 1. The number of hydrogen-bond acceptors (Lipinski definition) is 5. The molecule has 7 nitrogen and oxygen atoms in total. The van der Waals surface area contributed by atoms with Crippen LogP contribution in [0.15, 0.2) is 35.3 Å². The largest absolute Gasteiger partial charge is 0.503 e. The molecule has 1 aromatic carbocycles. The monoisotopic (exact) mass is 338 g/mol. The van der Waals surface area contributed by atoms with E-state index in [2.05, 4.69) is 0 Å². The molecule has 1 aliphatic carbocycles. The number of carbonyl (C=O) groups excluding carboxylic acids is 2. The Hall–Kier alpha value is -2.93. The molecular weight excluding hydrogens is 324 g/mol. The summed E-state index contributed by atoms with van der Waals surface area (Å²) in [4.78, 5) is 37.7. The number of pyridine rings is 1. The van der Waals surface area contributed by atoms with Crippen LogP contribution in [0, 0.1) is 0 Å². The van der Waals surface area contributed by atoms with Crippen LogP contribution < -0.4 is 5.43 Å². The van der Waals surface area contributed by atoms with Gasteiger partial charge in [-0.25, -0.2) is 0 Å². The molecule has 126 valence electrons. The fourth-order valence-corrected chi connectivity index (χ4v) is 4.24. The molecule has 3 aliphatic rings. The molecule has 7 heteroatoms. The maximum atomic E-state index is 13.1. The maximum absolute atomic E-state index is 13.1. The van der Waals surface area contributed by atoms with Crippen LogP contribution in [0.4, 0.5) is 0 Å². The van der Waals surface area contributed by atoms with Crippen LogP contribution in [0.25, 0.3) is 0 Å². The molecule has 5 rings (SSSR count). The maximum Gasteiger partial charge on any atom is 0.277 e. The summed E-state index contributed by atoms with van der Waals surface area (Å²) in [6.07, 6.45) is 1.79. The van der Waals surface area contributed by atoms with E-state index in [-0.39, 0.29) is 29.9 Å². The van der Waals surface area contributed by atoms with E-state index in [1.165, 1.54) is 10.8 Å². The number of aromatic nitrogens is 1. The van der Waals surface area contributed by atoms with Crippen LogP contribution >= 0.6 is 0 Å². The van der Waals surface area contributed by atoms with Crippen molar-refractivity contribution in [2.45, 2.75) is 31.3 Å². The third kappa shape index (κ3) is 1.76. The van der Waals surface area contributed by atoms with E-state index in [4.69, 9.17) is 4.74 Å². The number of carbonyl (C=O) groups is 2. The van der Waals surface area contributed by atoms with Crippen molar-refractivity contribution in [3.05, 3.63) is 63.1 Å². The summed E-state index contributed by atoms with van der Waals surface area (Å²) >= 11 is 0. The van der Waals surface area contributed by atoms with Crippen molar-refractivity contribution in [2.24, 2.45) is 0 Å². The molecule has 0 bridgehead atoms. The molecular formula is C18H14N2O5. The Labute approximate surface area is 142 Å². The first-order valence-corrected chi connectivity index (χ1v) is 8.07. The normalized spacial score (nSPS) is 26.0. The highest BCUT2D eigenvalue weighted by Gasteiger charge is 2.52. The van der Waals surface area contributed by atoms with Gasteiger partial charge in [0.15, 0.2) is 24.0 Å². The lowest BCUT2D eigenvalue weighted by Gasteiger charge is -2.34. The Bertz CT molecular complexity index is 995. The van der Waals surface area contributed by atoms with Crippen molar-refractivity contribution in [3.63, 3.8) is 0 Å². The van der Waals surface area contributed by atoms with Gasteiger partial charge in [-0.2, -0.15) is 0 Å². The first-order chi connectivity index (χ1) is 12.1. The number of ether oxygens (including phenoxy) is 1. The summed E-state index contributed by atoms with van der Waals surface area (Å²) in [7, 11) is 0. The molecule has 0 spiro atoms. The van der Waals surface area contributed by atoms with Gasteiger partial charge in [-0.15, -0.1) is 0 Å². The van der Waals surface area contributed by atoms with Gasteiger partial charge in [0.05, 0.1) is 24.3 Å². The van der Waals surface area contributed by atoms with Crippen molar-refractivity contribution in [2.75, 3.05) is 0 Å². The van der Waals surface area contributed by atoms with Gasteiger partial charge in [-0.3, -0.25) is 19.3 Å². The second-order valence-corrected chi connectivity index (χ2v) is 6.57. The van der Waals surface area contributed by atoms with E-state index >= 15 is 0 Å². The van der Waals surface area contributed by atoms with Gasteiger partial charge in [0.1, 0.15) is 0 Å². The standard InChI is InChI=1S/C18H14N2O5/c21-8-10-6-19-7-13-20(18(24)15(19)17(23)16(10)22)14-11-4-2-1-3-9(11)5-12(14)25-13/h1-4,6,8,12-14,23H,5,7H2/t12-,13?,14+/m1/s1. The van der Waals surface area contributed by atoms with Crippen molar-refractivity contribution in [1.82, 2.24) is 9.47 Å². The number of aromatic hydroxyl groups is 1. The van der Waals surface area contributed by atoms with Crippen LogP contribution in [0.2, 0.25) is 0 Å². The smallest absolute Gasteiger partial charge is 0.277 e. The van der Waals surface area contributed by atoms with Gasteiger partial charge in [0.25, 0.3) is 5.91 Å². The Morgan fingerprint density at radius 3 is 2.84 bits per heavy atom. The van der Waals surface area contributed by atoms with Gasteiger partial charge in [0, 0.05) is 12.6 Å². The Balaban J connectivity index is 1.66. The fraction of sp³-hybridized carbons (Fsp3) is 0.278. The third-order valence-electron chi connectivity index (χ3n) is 5.29. The van der Waals surface area contributed by atoms with E-state index in [1.807, 2.05) is 24.3 Å². The van der Waals surface area contributed by atoms with Crippen molar-refractivity contribution in [3.8, 4) is 5.75 Å². The second-order valence-electron chi connectivity index (χ2n) is 6.57. The zero-order chi connectivity index (χ0) is 17.3. The van der Waals surface area contributed by atoms with E-state index in [9.17, 15) is 19.5 Å². The van der Waals surface area contributed by atoms with Crippen molar-refractivity contribution >= 4 is 12.2 Å². The molecule has 3 atom stereocenters. The third-order valence-corrected chi connectivity index (χ3v) is 5.29. The summed E-state index contributed by atoms with van der Waals surface area (Å²) in [6.45, 7) is 0.269. The number of benzene rings is 1. The SMILES string of the molecule is O=Cc1cn2c(c(O)c1=O)C(=O)N1C(C2)O[C@@H]2Cc3ccccc3[C@@H]21. The highest BCUT2D eigenvalue weighted by molar-refractivity contribution is 5.97. The Morgan fingerprint density at radius 2 is 2.04 bits per heavy atom. The predicted octanol–water partition coefficient (Wildman–Crippen LogP) is 0.844. The zero-order valence-electron chi connectivity index (χ0n) is 13.1. The summed E-state index contributed by atoms with van der Waals surface area (Å²) in [5, 5.41) is 10.2. The number of fused-ring (bicyclic) bond motifs is 6. The Morgan fingerprint density at radius 1 is 1.24 bits per heavy atom. The fourth-order valence-electron chi connectivity index (χ4n) is 4.24. The van der Waals surface area contributed by atoms with Crippen LogP contribution in [0.3, 0.4) is 0 Å². The zero-order valence-corrected chi connectivity index (χ0v) is 13.1. The molecule has 25 heavy (non-hydrogen) atoms. The van der Waals surface area contributed by atoms with Crippen LogP contribution in [0.5, 0.6) is 5.75 Å². The molecule has 1 unspecified atom stereocenters. The van der Waals surface area contributed by atoms with Gasteiger partial charge in [-0.05, 0) is 11.1 Å². The second kappa shape index (κ2) is 4.80. The van der Waals surface area contributed by atoms with Crippen LogP contribution in [-0.4, -0.2) is 39.1 Å².